The average molecular weight is 225 g/mol. The molecule has 1 aliphatic rings. The van der Waals surface area contributed by atoms with Crippen LogP contribution >= 0.6 is 0 Å². The summed E-state index contributed by atoms with van der Waals surface area (Å²) in [5, 5.41) is 0. The Labute approximate surface area is 91.8 Å². The first-order valence-electron chi connectivity index (χ1n) is 5.61. The molecule has 1 unspecified atom stereocenters. The van der Waals surface area contributed by atoms with Crippen molar-refractivity contribution >= 4 is 23.2 Å². The summed E-state index contributed by atoms with van der Waals surface area (Å²) in [6.45, 7) is 17.9. The number of rotatable bonds is 2. The van der Waals surface area contributed by atoms with E-state index in [1.165, 1.54) is 0 Å². The Morgan fingerprint density at radius 1 is 1.07 bits per heavy atom. The van der Waals surface area contributed by atoms with Gasteiger partial charge in [0.05, 0.1) is 0 Å². The summed E-state index contributed by atoms with van der Waals surface area (Å²) in [5.74, 6) is 0. The van der Waals surface area contributed by atoms with Crippen LogP contribution in [0.25, 0.3) is 0 Å². The highest BCUT2D eigenvalue weighted by Gasteiger charge is 2.41. The summed E-state index contributed by atoms with van der Waals surface area (Å²) in [6.07, 6.45) is 4.84. The van der Waals surface area contributed by atoms with Gasteiger partial charge < -0.3 is 4.48 Å². The summed E-state index contributed by atoms with van der Waals surface area (Å²) in [4.78, 5) is 0. The maximum atomic E-state index is 2.65. The van der Waals surface area contributed by atoms with Gasteiger partial charge in [-0.05, 0) is 11.6 Å². The lowest BCUT2D eigenvalue weighted by Crippen LogP contribution is -2.51. The molecule has 0 bridgehead atoms. The van der Waals surface area contributed by atoms with Gasteiger partial charge in [-0.25, -0.2) is 0 Å². The normalized spacial score (nSPS) is 23.5. The van der Waals surface area contributed by atoms with Crippen LogP contribution in [0.3, 0.4) is 0 Å². The van der Waals surface area contributed by atoms with Crippen LogP contribution < -0.4 is 0 Å². The number of hydrogen-bond donors (Lipinski definition) is 0. The van der Waals surface area contributed by atoms with E-state index in [9.17, 15) is 0 Å². The molecule has 0 aromatic heterocycles. The molecule has 1 heterocycles. The molecule has 0 aromatic rings. The van der Waals surface area contributed by atoms with Gasteiger partial charge in [0.25, 0.3) is 0 Å². The van der Waals surface area contributed by atoms with Crippen LogP contribution in [0, 0.1) is 0 Å². The fourth-order valence-electron chi connectivity index (χ4n) is 2.50. The van der Waals surface area contributed by atoms with Crippen molar-refractivity contribution in [2.75, 3.05) is 0 Å². The Morgan fingerprint density at radius 2 is 1.57 bits per heavy atom. The largest absolute Gasteiger partial charge is 0.449 e. The van der Waals surface area contributed by atoms with Crippen LogP contribution in [0.15, 0.2) is 12.3 Å². The lowest BCUT2D eigenvalue weighted by atomic mass is 9.63. The molecular weight excluding hydrogens is 201 g/mol. The van der Waals surface area contributed by atoms with Gasteiger partial charge in [0, 0.05) is 8.07 Å². The molecule has 1 nitrogen and oxygen atoms in total. The van der Waals surface area contributed by atoms with E-state index < -0.39 is 16.3 Å². The van der Waals surface area contributed by atoms with E-state index >= 15 is 0 Å². The lowest BCUT2D eigenvalue weighted by molar-refractivity contribution is 0.875. The van der Waals surface area contributed by atoms with Crippen molar-refractivity contribution in [2.45, 2.75) is 51.5 Å². The number of nitrogens with zero attached hydrogens (tertiary/aromatic N) is 1. The minimum absolute atomic E-state index is 0.744. The Bertz CT molecular complexity index is 215. The van der Waals surface area contributed by atoms with Crippen molar-refractivity contribution in [3.63, 3.8) is 0 Å². The molecule has 0 fully saturated rings. The van der Waals surface area contributed by atoms with Crippen LogP contribution in [-0.4, -0.2) is 27.6 Å². The van der Waals surface area contributed by atoms with E-state index in [0.29, 0.717) is 0 Å². The van der Waals surface area contributed by atoms with Crippen molar-refractivity contribution in [3.05, 3.63) is 12.3 Å². The molecule has 1 atom stereocenters. The second-order valence-electron chi connectivity index (χ2n) is 6.55. The zero-order valence-corrected chi connectivity index (χ0v) is 12.8. The predicted molar refractivity (Wildman–Crippen MR) is 73.0 cm³/mol. The standard InChI is InChI=1S/C10H24BNSi2/c1-11-10(13(2,3)4)8-9-12(11)14(5,6)7/h8-10H,1-7H3. The molecule has 1 aliphatic heterocycles. The van der Waals surface area contributed by atoms with E-state index in [0.717, 1.165) is 12.3 Å². The van der Waals surface area contributed by atoms with Gasteiger partial charge >= 0.3 is 0 Å². The molecule has 0 saturated heterocycles. The summed E-state index contributed by atoms with van der Waals surface area (Å²) in [7, 11) is -2.15. The minimum atomic E-state index is -1.14. The fraction of sp³-hybridized carbons (Fsp3) is 0.800. The maximum Gasteiger partial charge on any atom is 0.246 e. The first-order valence-corrected chi connectivity index (χ1v) is 12.6. The Hall–Kier alpha value is 0.0387. The molecule has 1 rings (SSSR count). The summed E-state index contributed by atoms with van der Waals surface area (Å²) in [5.41, 5.74) is 0.842. The van der Waals surface area contributed by atoms with E-state index in [-0.39, 0.29) is 0 Å². The monoisotopic (exact) mass is 225 g/mol. The Balaban J connectivity index is 2.81. The van der Waals surface area contributed by atoms with E-state index in [2.05, 4.69) is 62.9 Å². The molecule has 0 saturated carbocycles. The van der Waals surface area contributed by atoms with E-state index in [1.807, 2.05) is 0 Å². The Kier molecular flexibility index (Phi) is 3.08. The topological polar surface area (TPSA) is 3.24 Å². The second-order valence-corrected chi connectivity index (χ2v) is 16.8. The first-order chi connectivity index (χ1) is 6.14. The smallest absolute Gasteiger partial charge is 0.246 e. The predicted octanol–water partition coefficient (Wildman–Crippen LogP) is 3.52. The SMILES string of the molecule is CB1C([Si](C)(C)C)C=CN1[Si](C)(C)C. The third kappa shape index (κ3) is 2.34. The molecule has 0 spiro atoms. The number of hydrogen-bond acceptors (Lipinski definition) is 1. The van der Waals surface area contributed by atoms with Crippen molar-refractivity contribution < 1.29 is 0 Å². The van der Waals surface area contributed by atoms with Crippen molar-refractivity contribution in [1.29, 1.82) is 0 Å². The highest BCUT2D eigenvalue weighted by molar-refractivity contribution is 6.94. The molecule has 14 heavy (non-hydrogen) atoms. The first kappa shape index (κ1) is 12.1. The summed E-state index contributed by atoms with van der Waals surface area (Å²) in [6, 6.07) is 0. The van der Waals surface area contributed by atoms with Crippen molar-refractivity contribution in [1.82, 2.24) is 4.48 Å². The van der Waals surface area contributed by atoms with Gasteiger partial charge in [0.1, 0.15) is 8.24 Å². The van der Waals surface area contributed by atoms with Gasteiger partial charge in [0.15, 0.2) is 0 Å². The maximum absolute atomic E-state index is 2.65. The molecule has 0 aliphatic carbocycles. The van der Waals surface area contributed by atoms with Gasteiger partial charge in [0.2, 0.25) is 6.85 Å². The molecular formula is C10H24BNSi2. The van der Waals surface area contributed by atoms with Gasteiger partial charge in [-0.1, -0.05) is 52.2 Å². The zero-order valence-electron chi connectivity index (χ0n) is 10.8. The summed E-state index contributed by atoms with van der Waals surface area (Å²) < 4.78 is 2.65. The molecule has 0 N–H and O–H groups in total. The second kappa shape index (κ2) is 3.56. The van der Waals surface area contributed by atoms with Crippen LogP contribution in [0.1, 0.15) is 0 Å². The third-order valence-electron chi connectivity index (χ3n) is 3.19. The van der Waals surface area contributed by atoms with Gasteiger partial charge in [-0.2, -0.15) is 0 Å². The van der Waals surface area contributed by atoms with Crippen LogP contribution in [0.5, 0.6) is 0 Å². The van der Waals surface area contributed by atoms with Crippen molar-refractivity contribution in [3.8, 4) is 0 Å². The fourth-order valence-corrected chi connectivity index (χ4v) is 6.84. The highest BCUT2D eigenvalue weighted by atomic mass is 28.3. The van der Waals surface area contributed by atoms with Gasteiger partial charge in [-0.3, -0.25) is 0 Å². The highest BCUT2D eigenvalue weighted by Crippen LogP contribution is 2.35. The third-order valence-corrected chi connectivity index (χ3v) is 7.97. The Morgan fingerprint density at radius 3 is 1.79 bits per heavy atom. The average Bonchev–Trinajstić information content (AvgIpc) is 2.26. The zero-order chi connectivity index (χ0) is 11.1. The molecule has 80 valence electrons. The molecule has 0 aromatic carbocycles. The van der Waals surface area contributed by atoms with Crippen LogP contribution in [0.4, 0.5) is 0 Å². The van der Waals surface area contributed by atoms with E-state index in [1.54, 1.807) is 0 Å². The lowest BCUT2D eigenvalue weighted by Gasteiger charge is -2.38. The number of allylic oxidation sites excluding steroid dienone is 1. The van der Waals surface area contributed by atoms with Crippen molar-refractivity contribution in [2.24, 2.45) is 0 Å². The summed E-state index contributed by atoms with van der Waals surface area (Å²) >= 11 is 0. The quantitative estimate of drug-likeness (QED) is 0.650. The van der Waals surface area contributed by atoms with Crippen LogP contribution in [-0.2, 0) is 0 Å². The minimum Gasteiger partial charge on any atom is -0.449 e. The molecule has 0 radical (unpaired) electrons. The molecule has 4 heteroatoms. The van der Waals surface area contributed by atoms with Crippen LogP contribution in [0.2, 0.25) is 51.5 Å². The molecule has 0 amide bonds. The van der Waals surface area contributed by atoms with E-state index in [4.69, 9.17) is 0 Å². The van der Waals surface area contributed by atoms with Gasteiger partial charge in [-0.15, -0.1) is 0 Å².